The molecule has 1 aliphatic heterocycles. The molecule has 1 N–H and O–H groups in total. The summed E-state index contributed by atoms with van der Waals surface area (Å²) in [5.41, 5.74) is 0.550. The van der Waals surface area contributed by atoms with Crippen LogP contribution in [0.3, 0.4) is 0 Å². The Morgan fingerprint density at radius 2 is 1.80 bits per heavy atom. The number of rotatable bonds is 4. The Bertz CT molecular complexity index is 774. The van der Waals surface area contributed by atoms with E-state index < -0.39 is 5.91 Å². The van der Waals surface area contributed by atoms with Crippen LogP contribution in [0, 0.1) is 0 Å². The predicted octanol–water partition coefficient (Wildman–Crippen LogP) is 2.31. The molecule has 0 bridgehead atoms. The SMILES string of the molecule is O=CN1CCN(c2nccc(C(=O)Nc3c(Cl)cccc3Cl)n2)CC1. The molecular weight excluding hydrogens is 365 g/mol. The van der Waals surface area contributed by atoms with Gasteiger partial charge in [-0.05, 0) is 18.2 Å². The topological polar surface area (TPSA) is 78.4 Å². The number of nitrogens with one attached hydrogen (secondary N) is 1. The molecule has 25 heavy (non-hydrogen) atoms. The van der Waals surface area contributed by atoms with Crippen molar-refractivity contribution in [3.05, 3.63) is 46.2 Å². The van der Waals surface area contributed by atoms with Crippen LogP contribution >= 0.6 is 23.2 Å². The van der Waals surface area contributed by atoms with Gasteiger partial charge >= 0.3 is 0 Å². The fourth-order valence-corrected chi connectivity index (χ4v) is 2.94. The Hall–Kier alpha value is -2.38. The molecule has 1 aromatic heterocycles. The number of para-hydroxylation sites is 1. The highest BCUT2D eigenvalue weighted by Crippen LogP contribution is 2.30. The van der Waals surface area contributed by atoms with Gasteiger partial charge in [-0.1, -0.05) is 29.3 Å². The van der Waals surface area contributed by atoms with E-state index in [1.165, 1.54) is 12.3 Å². The highest BCUT2D eigenvalue weighted by atomic mass is 35.5. The van der Waals surface area contributed by atoms with Crippen molar-refractivity contribution in [3.63, 3.8) is 0 Å². The van der Waals surface area contributed by atoms with Gasteiger partial charge in [0.15, 0.2) is 0 Å². The molecule has 9 heteroatoms. The van der Waals surface area contributed by atoms with Crippen LogP contribution in [-0.2, 0) is 4.79 Å². The molecule has 0 saturated carbocycles. The second-order valence-corrected chi connectivity index (χ2v) is 6.24. The summed E-state index contributed by atoms with van der Waals surface area (Å²) >= 11 is 12.1. The smallest absolute Gasteiger partial charge is 0.274 e. The lowest BCUT2D eigenvalue weighted by Gasteiger charge is -2.32. The molecule has 2 heterocycles. The summed E-state index contributed by atoms with van der Waals surface area (Å²) in [6.45, 7) is 2.41. The predicted molar refractivity (Wildman–Crippen MR) is 96.3 cm³/mol. The van der Waals surface area contributed by atoms with Crippen molar-refractivity contribution in [1.29, 1.82) is 0 Å². The van der Waals surface area contributed by atoms with Gasteiger partial charge < -0.3 is 15.1 Å². The highest BCUT2D eigenvalue weighted by Gasteiger charge is 2.19. The minimum Gasteiger partial charge on any atom is -0.342 e. The average molecular weight is 380 g/mol. The number of amides is 2. The Labute approximate surface area is 154 Å². The van der Waals surface area contributed by atoms with Crippen molar-refractivity contribution >= 4 is 47.2 Å². The molecule has 2 aromatic rings. The van der Waals surface area contributed by atoms with Gasteiger partial charge in [-0.15, -0.1) is 0 Å². The van der Waals surface area contributed by atoms with E-state index in [2.05, 4.69) is 15.3 Å². The molecule has 0 unspecified atom stereocenters. The second kappa shape index (κ2) is 7.67. The first-order valence-electron chi connectivity index (χ1n) is 7.61. The number of piperazine rings is 1. The van der Waals surface area contributed by atoms with E-state index in [4.69, 9.17) is 23.2 Å². The van der Waals surface area contributed by atoms with Crippen LogP contribution in [0.15, 0.2) is 30.5 Å². The maximum Gasteiger partial charge on any atom is 0.274 e. The summed E-state index contributed by atoms with van der Waals surface area (Å²) in [6, 6.07) is 6.50. The second-order valence-electron chi connectivity index (χ2n) is 5.42. The minimum atomic E-state index is -0.426. The number of aromatic nitrogens is 2. The van der Waals surface area contributed by atoms with Gasteiger partial charge in [0.1, 0.15) is 5.69 Å². The number of nitrogens with zero attached hydrogens (tertiary/aromatic N) is 4. The van der Waals surface area contributed by atoms with Crippen LogP contribution in [0.1, 0.15) is 10.5 Å². The van der Waals surface area contributed by atoms with E-state index in [1.54, 1.807) is 23.1 Å². The number of anilines is 2. The number of benzene rings is 1. The molecule has 1 saturated heterocycles. The standard InChI is InChI=1S/C16H15Cl2N5O2/c17-11-2-1-3-12(18)14(11)21-15(25)13-4-5-19-16(20-13)23-8-6-22(10-24)7-9-23/h1-5,10H,6-9H2,(H,21,25). The molecule has 130 valence electrons. The molecular formula is C16H15Cl2N5O2. The zero-order chi connectivity index (χ0) is 17.8. The fraction of sp³-hybridized carbons (Fsp3) is 0.250. The van der Waals surface area contributed by atoms with Crippen molar-refractivity contribution in [3.8, 4) is 0 Å². The highest BCUT2D eigenvalue weighted by molar-refractivity contribution is 6.40. The van der Waals surface area contributed by atoms with Crippen molar-refractivity contribution in [2.75, 3.05) is 36.4 Å². The van der Waals surface area contributed by atoms with Crippen LogP contribution in [0.4, 0.5) is 11.6 Å². The van der Waals surface area contributed by atoms with E-state index in [0.717, 1.165) is 6.41 Å². The molecule has 0 spiro atoms. The molecule has 7 nitrogen and oxygen atoms in total. The minimum absolute atomic E-state index is 0.207. The van der Waals surface area contributed by atoms with Crippen LogP contribution < -0.4 is 10.2 Å². The Morgan fingerprint density at radius 3 is 2.44 bits per heavy atom. The van der Waals surface area contributed by atoms with Crippen molar-refractivity contribution in [2.24, 2.45) is 0 Å². The maximum absolute atomic E-state index is 12.5. The van der Waals surface area contributed by atoms with E-state index in [0.29, 0.717) is 47.9 Å². The molecule has 0 aliphatic carbocycles. The molecule has 0 radical (unpaired) electrons. The van der Waals surface area contributed by atoms with Crippen molar-refractivity contribution in [1.82, 2.24) is 14.9 Å². The monoisotopic (exact) mass is 379 g/mol. The van der Waals surface area contributed by atoms with Gasteiger partial charge in [0.2, 0.25) is 12.4 Å². The van der Waals surface area contributed by atoms with Gasteiger partial charge in [0.25, 0.3) is 5.91 Å². The Morgan fingerprint density at radius 1 is 1.12 bits per heavy atom. The average Bonchev–Trinajstić information content (AvgIpc) is 2.65. The first-order valence-corrected chi connectivity index (χ1v) is 8.37. The summed E-state index contributed by atoms with van der Waals surface area (Å²) in [6.07, 6.45) is 2.35. The normalized spacial score (nSPS) is 14.3. The quantitative estimate of drug-likeness (QED) is 0.824. The van der Waals surface area contributed by atoms with Gasteiger partial charge in [0.05, 0.1) is 15.7 Å². The third-order valence-corrected chi connectivity index (χ3v) is 4.45. The first-order chi connectivity index (χ1) is 12.1. The molecule has 0 atom stereocenters. The number of hydrogen-bond acceptors (Lipinski definition) is 5. The Balaban J connectivity index is 1.75. The Kier molecular flexibility index (Phi) is 5.35. The first kappa shape index (κ1) is 17.4. The van der Waals surface area contributed by atoms with Gasteiger partial charge in [-0.3, -0.25) is 9.59 Å². The molecule has 1 fully saturated rings. The third kappa shape index (κ3) is 4.00. The fourth-order valence-electron chi connectivity index (χ4n) is 2.45. The van der Waals surface area contributed by atoms with E-state index in [1.807, 2.05) is 4.90 Å². The molecule has 1 aromatic carbocycles. The van der Waals surface area contributed by atoms with Gasteiger partial charge in [-0.25, -0.2) is 9.97 Å². The molecule has 2 amide bonds. The van der Waals surface area contributed by atoms with Crippen LogP contribution in [0.25, 0.3) is 0 Å². The summed E-state index contributed by atoms with van der Waals surface area (Å²) in [5.74, 6) is 0.0219. The summed E-state index contributed by atoms with van der Waals surface area (Å²) < 4.78 is 0. The maximum atomic E-state index is 12.5. The molecule has 3 rings (SSSR count). The van der Waals surface area contributed by atoms with E-state index >= 15 is 0 Å². The van der Waals surface area contributed by atoms with Crippen molar-refractivity contribution in [2.45, 2.75) is 0 Å². The summed E-state index contributed by atoms with van der Waals surface area (Å²) in [4.78, 5) is 35.4. The van der Waals surface area contributed by atoms with E-state index in [9.17, 15) is 9.59 Å². The zero-order valence-electron chi connectivity index (χ0n) is 13.2. The van der Waals surface area contributed by atoms with Crippen LogP contribution in [0.2, 0.25) is 10.0 Å². The number of halogens is 2. The number of hydrogen-bond donors (Lipinski definition) is 1. The molecule has 1 aliphatic rings. The third-order valence-electron chi connectivity index (χ3n) is 3.82. The number of carbonyl (C=O) groups excluding carboxylic acids is 2. The van der Waals surface area contributed by atoms with Crippen LogP contribution in [0.5, 0.6) is 0 Å². The zero-order valence-corrected chi connectivity index (χ0v) is 14.7. The number of carbonyl (C=O) groups is 2. The lowest BCUT2D eigenvalue weighted by Crippen LogP contribution is -2.46. The van der Waals surface area contributed by atoms with Gasteiger partial charge in [0, 0.05) is 32.4 Å². The summed E-state index contributed by atoms with van der Waals surface area (Å²) in [5, 5.41) is 3.37. The van der Waals surface area contributed by atoms with Crippen LogP contribution in [-0.4, -0.2) is 53.4 Å². The lowest BCUT2D eigenvalue weighted by molar-refractivity contribution is -0.118. The van der Waals surface area contributed by atoms with Crippen molar-refractivity contribution < 1.29 is 9.59 Å². The largest absolute Gasteiger partial charge is 0.342 e. The van der Waals surface area contributed by atoms with Gasteiger partial charge in [-0.2, -0.15) is 0 Å². The van der Waals surface area contributed by atoms with E-state index in [-0.39, 0.29) is 5.69 Å². The lowest BCUT2D eigenvalue weighted by atomic mass is 10.3. The summed E-state index contributed by atoms with van der Waals surface area (Å²) in [7, 11) is 0.